The molecule has 0 spiro atoms. The van der Waals surface area contributed by atoms with Gasteiger partial charge in [-0.1, -0.05) is 5.16 Å². The van der Waals surface area contributed by atoms with E-state index in [-0.39, 0.29) is 42.2 Å². The van der Waals surface area contributed by atoms with Crippen molar-refractivity contribution >= 4 is 45.9 Å². The van der Waals surface area contributed by atoms with E-state index >= 15 is 0 Å². The van der Waals surface area contributed by atoms with Crippen LogP contribution in [-0.4, -0.2) is 91.9 Å². The van der Waals surface area contributed by atoms with Crippen molar-refractivity contribution in [3.8, 4) is 0 Å². The molecule has 29 heavy (non-hydrogen) atoms. The van der Waals surface area contributed by atoms with Gasteiger partial charge in [0.05, 0.1) is 5.69 Å². The molecule has 2 saturated heterocycles. The molecule has 0 aromatic carbocycles. The van der Waals surface area contributed by atoms with Gasteiger partial charge in [0.2, 0.25) is 15.9 Å². The summed E-state index contributed by atoms with van der Waals surface area (Å²) in [6.45, 7) is 6.16. The Morgan fingerprint density at radius 2 is 1.86 bits per heavy atom. The zero-order valence-electron chi connectivity index (χ0n) is 16.6. The number of rotatable bonds is 6. The fraction of sp³-hybridized carbons (Fsp3) is 0.706. The summed E-state index contributed by atoms with van der Waals surface area (Å²) in [6.07, 6.45) is 3.48. The van der Waals surface area contributed by atoms with E-state index in [0.717, 1.165) is 25.9 Å². The molecule has 0 bridgehead atoms. The van der Waals surface area contributed by atoms with Crippen LogP contribution in [0, 0.1) is 0 Å². The quantitative estimate of drug-likeness (QED) is 0.315. The Labute approximate surface area is 188 Å². The summed E-state index contributed by atoms with van der Waals surface area (Å²) in [5.41, 5.74) is 0.401. The molecule has 164 valence electrons. The van der Waals surface area contributed by atoms with Crippen LogP contribution in [0.2, 0.25) is 0 Å². The fourth-order valence-electron chi connectivity index (χ4n) is 3.40. The van der Waals surface area contributed by atoms with Crippen LogP contribution >= 0.6 is 24.0 Å². The van der Waals surface area contributed by atoms with Crippen LogP contribution in [-0.2, 0) is 20.6 Å². The molecule has 2 aliphatic heterocycles. The van der Waals surface area contributed by atoms with Crippen LogP contribution in [0.1, 0.15) is 25.5 Å². The lowest BCUT2D eigenvalue weighted by molar-refractivity contribution is -0.128. The number of guanidine groups is 1. The maximum absolute atomic E-state index is 12.5. The second kappa shape index (κ2) is 11.1. The first-order valence-corrected chi connectivity index (χ1v) is 11.3. The third-order valence-corrected chi connectivity index (χ3v) is 6.72. The van der Waals surface area contributed by atoms with E-state index in [2.05, 4.69) is 15.5 Å². The van der Waals surface area contributed by atoms with Gasteiger partial charge in [0.1, 0.15) is 18.6 Å². The summed E-state index contributed by atoms with van der Waals surface area (Å²) in [4.78, 5) is 20.6. The molecule has 0 radical (unpaired) electrons. The average Bonchev–Trinajstić information content (AvgIpc) is 3.39. The van der Waals surface area contributed by atoms with Crippen LogP contribution in [0.15, 0.2) is 21.8 Å². The van der Waals surface area contributed by atoms with Crippen molar-refractivity contribution in [2.45, 2.75) is 25.5 Å². The Morgan fingerprint density at radius 1 is 1.17 bits per heavy atom. The molecule has 1 aromatic rings. The van der Waals surface area contributed by atoms with Gasteiger partial charge in [0, 0.05) is 51.9 Å². The normalized spacial score (nSPS) is 18.6. The molecule has 0 aliphatic carbocycles. The molecule has 3 rings (SSSR count). The number of nitrogens with one attached hydrogen (secondary N) is 1. The van der Waals surface area contributed by atoms with Gasteiger partial charge in [-0.15, -0.1) is 24.0 Å². The molecule has 0 saturated carbocycles. The summed E-state index contributed by atoms with van der Waals surface area (Å²) in [6, 6.07) is 1.56. The first-order valence-electron chi connectivity index (χ1n) is 9.67. The topological polar surface area (TPSA) is 111 Å². The van der Waals surface area contributed by atoms with Gasteiger partial charge < -0.3 is 19.6 Å². The van der Waals surface area contributed by atoms with Gasteiger partial charge in [0.15, 0.2) is 5.96 Å². The molecule has 0 unspecified atom stereocenters. The van der Waals surface area contributed by atoms with Gasteiger partial charge in [0.25, 0.3) is 0 Å². The lowest BCUT2D eigenvalue weighted by Gasteiger charge is -2.35. The van der Waals surface area contributed by atoms with Crippen molar-refractivity contribution in [3.63, 3.8) is 0 Å². The fourth-order valence-corrected chi connectivity index (χ4v) is 4.83. The van der Waals surface area contributed by atoms with E-state index in [1.807, 2.05) is 16.7 Å². The molecule has 1 N–H and O–H groups in total. The van der Waals surface area contributed by atoms with Crippen LogP contribution in [0.4, 0.5) is 0 Å². The zero-order chi connectivity index (χ0) is 20.0. The largest absolute Gasteiger partial charge is 0.364 e. The van der Waals surface area contributed by atoms with Crippen LogP contribution in [0.25, 0.3) is 0 Å². The number of hydrogen-bond donors (Lipinski definition) is 1. The number of likely N-dealkylation sites (tertiary alicyclic amines) is 1. The third-order valence-electron chi connectivity index (χ3n) is 4.91. The number of sulfonamides is 1. The van der Waals surface area contributed by atoms with E-state index in [1.54, 1.807) is 6.07 Å². The van der Waals surface area contributed by atoms with Crippen molar-refractivity contribution in [1.82, 2.24) is 24.6 Å². The number of carbonyl (C=O) groups excluding carboxylic acids is 1. The Hall–Kier alpha value is -1.41. The average molecular weight is 540 g/mol. The smallest absolute Gasteiger partial charge is 0.244 e. The number of hydrogen-bond acceptors (Lipinski definition) is 6. The summed E-state index contributed by atoms with van der Waals surface area (Å²) >= 11 is 0. The molecule has 12 heteroatoms. The minimum absolute atomic E-state index is 0. The minimum Gasteiger partial charge on any atom is -0.364 e. The number of nitrogens with zero attached hydrogens (tertiary/aromatic N) is 5. The first kappa shape index (κ1) is 23.9. The molecule has 3 heterocycles. The number of aromatic nitrogens is 1. The molecule has 10 nitrogen and oxygen atoms in total. The molecular formula is C17H29IN6O4S. The number of amides is 1. The first-order chi connectivity index (χ1) is 13.5. The Balaban J connectivity index is 0.00000300. The van der Waals surface area contributed by atoms with Crippen molar-refractivity contribution in [1.29, 1.82) is 0 Å². The van der Waals surface area contributed by atoms with Gasteiger partial charge in [-0.05, 0) is 19.8 Å². The summed E-state index contributed by atoms with van der Waals surface area (Å²) < 4.78 is 31.3. The summed E-state index contributed by atoms with van der Waals surface area (Å²) in [5, 5.41) is 6.88. The minimum atomic E-state index is -3.44. The van der Waals surface area contributed by atoms with Crippen LogP contribution in [0.5, 0.6) is 0 Å². The number of carbonyl (C=O) groups is 1. The van der Waals surface area contributed by atoms with E-state index in [0.29, 0.717) is 44.4 Å². The van der Waals surface area contributed by atoms with Crippen LogP contribution in [0.3, 0.4) is 0 Å². The highest BCUT2D eigenvalue weighted by Crippen LogP contribution is 2.13. The van der Waals surface area contributed by atoms with Gasteiger partial charge in [-0.25, -0.2) is 13.4 Å². The second-order valence-electron chi connectivity index (χ2n) is 6.89. The van der Waals surface area contributed by atoms with Gasteiger partial charge in [-0.2, -0.15) is 4.31 Å². The van der Waals surface area contributed by atoms with Crippen molar-refractivity contribution < 1.29 is 17.7 Å². The van der Waals surface area contributed by atoms with E-state index in [9.17, 15) is 13.2 Å². The lowest BCUT2D eigenvalue weighted by Crippen LogP contribution is -2.54. The van der Waals surface area contributed by atoms with Crippen molar-refractivity contribution in [3.05, 3.63) is 18.0 Å². The van der Waals surface area contributed by atoms with Crippen molar-refractivity contribution in [2.75, 3.05) is 52.4 Å². The maximum Gasteiger partial charge on any atom is 0.244 e. The zero-order valence-corrected chi connectivity index (χ0v) is 19.8. The molecule has 0 atom stereocenters. The summed E-state index contributed by atoms with van der Waals surface area (Å²) in [7, 11) is -3.44. The van der Waals surface area contributed by atoms with Gasteiger partial charge >= 0.3 is 0 Å². The highest BCUT2D eigenvalue weighted by atomic mass is 127. The van der Waals surface area contributed by atoms with E-state index in [1.165, 1.54) is 10.6 Å². The van der Waals surface area contributed by atoms with E-state index < -0.39 is 10.0 Å². The SMILES string of the molecule is CCNC(=NCC(=O)N1CCCC1)N1CCN(S(=O)(=O)Cc2ccon2)CC1.I. The van der Waals surface area contributed by atoms with Crippen molar-refractivity contribution in [2.24, 2.45) is 4.99 Å². The monoisotopic (exact) mass is 540 g/mol. The number of piperazine rings is 1. The third kappa shape index (κ3) is 6.54. The lowest BCUT2D eigenvalue weighted by atomic mass is 10.4. The molecule has 2 aliphatic rings. The highest BCUT2D eigenvalue weighted by Gasteiger charge is 2.29. The maximum atomic E-state index is 12.5. The Kier molecular flexibility index (Phi) is 9.14. The molecule has 1 aromatic heterocycles. The Bertz CT molecular complexity index is 772. The predicted octanol–water partition coefficient (Wildman–Crippen LogP) is 0.328. The summed E-state index contributed by atoms with van der Waals surface area (Å²) in [5.74, 6) is 0.535. The molecule has 2 fully saturated rings. The van der Waals surface area contributed by atoms with Gasteiger partial charge in [-0.3, -0.25) is 4.79 Å². The highest BCUT2D eigenvalue weighted by molar-refractivity contribution is 14.0. The predicted molar refractivity (Wildman–Crippen MR) is 119 cm³/mol. The van der Waals surface area contributed by atoms with Crippen LogP contribution < -0.4 is 5.32 Å². The standard InChI is InChI=1S/C17H28N6O4S.HI/c1-2-18-17(19-13-16(24)21-6-3-4-7-21)22-8-10-23(11-9-22)28(25,26)14-15-5-12-27-20-15;/h5,12H,2-4,6-11,13-14H2,1H3,(H,18,19);1H. The molecule has 1 amide bonds. The second-order valence-corrected chi connectivity index (χ2v) is 8.86. The Morgan fingerprint density at radius 3 is 2.45 bits per heavy atom. The number of halogens is 1. The number of aliphatic imine (C=N–C) groups is 1. The van der Waals surface area contributed by atoms with E-state index in [4.69, 9.17) is 4.52 Å². The molecular weight excluding hydrogens is 511 g/mol.